The number of hydrogen-bond donors (Lipinski definition) is 0. The van der Waals surface area contributed by atoms with Crippen molar-refractivity contribution in [2.45, 2.75) is 32.2 Å². The summed E-state index contributed by atoms with van der Waals surface area (Å²) in [4.78, 5) is 0. The van der Waals surface area contributed by atoms with Gasteiger partial charge in [-0.2, -0.15) is 5.10 Å². The Hall–Kier alpha value is -1.35. The van der Waals surface area contributed by atoms with E-state index in [9.17, 15) is 4.39 Å². The van der Waals surface area contributed by atoms with Gasteiger partial charge in [-0.25, -0.2) is 4.39 Å². The Bertz CT molecular complexity index is 538. The molecule has 0 fully saturated rings. The maximum absolute atomic E-state index is 12.9. The molecule has 0 saturated heterocycles. The molecule has 0 N–H and O–H groups in total. The van der Waals surface area contributed by atoms with Crippen molar-refractivity contribution in [3.63, 3.8) is 0 Å². The molecule has 0 aliphatic rings. The number of aromatic nitrogens is 2. The maximum atomic E-state index is 12.9. The Morgan fingerprint density at radius 1 is 1.22 bits per heavy atom. The van der Waals surface area contributed by atoms with Crippen LogP contribution in [-0.2, 0) is 11.4 Å². The molecule has 2 rings (SSSR count). The number of nitrogens with zero attached hydrogens (tertiary/aromatic N) is 2. The second kappa shape index (κ2) is 4.73. The molecular weight excluding hydrogens is 251 g/mol. The lowest BCUT2D eigenvalue weighted by molar-refractivity contribution is 0.356. The number of rotatable bonds is 2. The molecular formula is C14H16ClFN2. The summed E-state index contributed by atoms with van der Waals surface area (Å²) >= 11 is 5.95. The fourth-order valence-corrected chi connectivity index (χ4v) is 1.90. The van der Waals surface area contributed by atoms with E-state index in [0.717, 1.165) is 16.8 Å². The molecule has 0 amide bonds. The molecule has 0 aliphatic carbocycles. The summed E-state index contributed by atoms with van der Waals surface area (Å²) in [5.74, 6) is 0.143. The van der Waals surface area contributed by atoms with Crippen molar-refractivity contribution in [2.75, 3.05) is 0 Å². The van der Waals surface area contributed by atoms with E-state index in [2.05, 4.69) is 25.9 Å². The van der Waals surface area contributed by atoms with E-state index in [-0.39, 0.29) is 11.4 Å². The first-order valence-electron chi connectivity index (χ1n) is 5.83. The van der Waals surface area contributed by atoms with Gasteiger partial charge in [0.15, 0.2) is 0 Å². The van der Waals surface area contributed by atoms with Gasteiger partial charge in [0.05, 0.1) is 17.1 Å². The van der Waals surface area contributed by atoms with Gasteiger partial charge in [-0.3, -0.25) is 4.68 Å². The summed E-state index contributed by atoms with van der Waals surface area (Å²) in [5.41, 5.74) is 2.56. The highest BCUT2D eigenvalue weighted by atomic mass is 35.5. The molecule has 2 nitrogen and oxygen atoms in total. The fraction of sp³-hybridized carbons (Fsp3) is 0.357. The van der Waals surface area contributed by atoms with Crippen LogP contribution in [0.25, 0.3) is 11.3 Å². The first kappa shape index (κ1) is 13.1. The Balaban J connectivity index is 2.50. The van der Waals surface area contributed by atoms with Gasteiger partial charge in [0.25, 0.3) is 0 Å². The smallest absolute Gasteiger partial charge is 0.123 e. The first-order chi connectivity index (χ1) is 8.41. The number of alkyl halides is 1. The van der Waals surface area contributed by atoms with Crippen molar-refractivity contribution in [3.05, 3.63) is 41.8 Å². The van der Waals surface area contributed by atoms with Crippen LogP contribution in [0.4, 0.5) is 4.39 Å². The van der Waals surface area contributed by atoms with Crippen LogP contribution in [0, 0.1) is 5.82 Å². The largest absolute Gasteiger partial charge is 0.267 e. The minimum atomic E-state index is -0.249. The van der Waals surface area contributed by atoms with Gasteiger partial charge in [0.1, 0.15) is 5.82 Å². The molecule has 4 heteroatoms. The number of hydrogen-bond acceptors (Lipinski definition) is 1. The third-order valence-electron chi connectivity index (χ3n) is 2.74. The molecule has 1 aromatic carbocycles. The molecule has 0 saturated carbocycles. The molecule has 0 radical (unpaired) electrons. The summed E-state index contributed by atoms with van der Waals surface area (Å²) < 4.78 is 14.8. The molecule has 0 atom stereocenters. The van der Waals surface area contributed by atoms with Crippen LogP contribution in [0.5, 0.6) is 0 Å². The Kier molecular flexibility index (Phi) is 3.44. The van der Waals surface area contributed by atoms with Gasteiger partial charge in [0.2, 0.25) is 0 Å². The highest BCUT2D eigenvalue weighted by Crippen LogP contribution is 2.26. The predicted molar refractivity (Wildman–Crippen MR) is 72.2 cm³/mol. The van der Waals surface area contributed by atoms with Crippen LogP contribution >= 0.6 is 11.6 Å². The first-order valence-corrected chi connectivity index (χ1v) is 6.36. The van der Waals surface area contributed by atoms with E-state index in [0.29, 0.717) is 5.88 Å². The molecule has 96 valence electrons. The summed E-state index contributed by atoms with van der Waals surface area (Å²) in [7, 11) is 0. The standard InChI is InChI=1S/C14H16ClFN2/c1-14(2,3)18-9-11(8-15)13(17-18)10-4-6-12(16)7-5-10/h4-7,9H,8H2,1-3H3. The maximum Gasteiger partial charge on any atom is 0.123 e. The van der Waals surface area contributed by atoms with E-state index in [1.54, 1.807) is 12.1 Å². The van der Waals surface area contributed by atoms with Crippen molar-refractivity contribution >= 4 is 11.6 Å². The lowest BCUT2D eigenvalue weighted by atomic mass is 10.1. The highest BCUT2D eigenvalue weighted by molar-refractivity contribution is 6.17. The monoisotopic (exact) mass is 266 g/mol. The fourth-order valence-electron chi connectivity index (χ4n) is 1.70. The topological polar surface area (TPSA) is 17.8 Å². The predicted octanol–water partition coefficient (Wildman–Crippen LogP) is 4.18. The van der Waals surface area contributed by atoms with Crippen LogP contribution < -0.4 is 0 Å². The second-order valence-electron chi connectivity index (χ2n) is 5.26. The van der Waals surface area contributed by atoms with Crippen LogP contribution in [0.2, 0.25) is 0 Å². The van der Waals surface area contributed by atoms with Gasteiger partial charge in [-0.15, -0.1) is 11.6 Å². The molecule has 0 aliphatic heterocycles. The van der Waals surface area contributed by atoms with Crippen molar-refractivity contribution in [2.24, 2.45) is 0 Å². The van der Waals surface area contributed by atoms with E-state index in [4.69, 9.17) is 11.6 Å². The average molecular weight is 267 g/mol. The molecule has 1 aromatic heterocycles. The zero-order valence-electron chi connectivity index (χ0n) is 10.7. The average Bonchev–Trinajstić information content (AvgIpc) is 2.73. The van der Waals surface area contributed by atoms with Crippen molar-refractivity contribution in [3.8, 4) is 11.3 Å². The highest BCUT2D eigenvalue weighted by Gasteiger charge is 2.18. The summed E-state index contributed by atoms with van der Waals surface area (Å²) in [5, 5.41) is 4.56. The molecule has 18 heavy (non-hydrogen) atoms. The second-order valence-corrected chi connectivity index (χ2v) is 5.53. The summed E-state index contributed by atoms with van der Waals surface area (Å²) in [6, 6.07) is 6.31. The normalized spacial score (nSPS) is 11.8. The van der Waals surface area contributed by atoms with Crippen molar-refractivity contribution in [1.29, 1.82) is 0 Å². The minimum Gasteiger partial charge on any atom is -0.267 e. The van der Waals surface area contributed by atoms with E-state index >= 15 is 0 Å². The summed E-state index contributed by atoms with van der Waals surface area (Å²) in [6.07, 6.45) is 1.95. The van der Waals surface area contributed by atoms with E-state index in [1.807, 2.05) is 10.9 Å². The lowest BCUT2D eigenvalue weighted by Crippen LogP contribution is -2.22. The van der Waals surface area contributed by atoms with Gasteiger partial charge >= 0.3 is 0 Å². The Morgan fingerprint density at radius 2 is 1.83 bits per heavy atom. The quantitative estimate of drug-likeness (QED) is 0.746. The molecule has 0 unspecified atom stereocenters. The lowest BCUT2D eigenvalue weighted by Gasteiger charge is -2.18. The third-order valence-corrected chi connectivity index (χ3v) is 3.03. The zero-order valence-corrected chi connectivity index (χ0v) is 11.5. The zero-order chi connectivity index (χ0) is 13.3. The van der Waals surface area contributed by atoms with E-state index in [1.165, 1.54) is 12.1 Å². The molecule has 0 bridgehead atoms. The molecule has 0 spiro atoms. The van der Waals surface area contributed by atoms with Gasteiger partial charge < -0.3 is 0 Å². The third kappa shape index (κ3) is 2.56. The van der Waals surface area contributed by atoms with Gasteiger partial charge in [0, 0.05) is 17.3 Å². The number of benzene rings is 1. The van der Waals surface area contributed by atoms with Crippen LogP contribution in [-0.4, -0.2) is 9.78 Å². The van der Waals surface area contributed by atoms with Gasteiger partial charge in [-0.1, -0.05) is 0 Å². The van der Waals surface area contributed by atoms with Crippen molar-refractivity contribution < 1.29 is 4.39 Å². The van der Waals surface area contributed by atoms with Crippen molar-refractivity contribution in [1.82, 2.24) is 9.78 Å². The van der Waals surface area contributed by atoms with Crippen LogP contribution in [0.1, 0.15) is 26.3 Å². The van der Waals surface area contributed by atoms with E-state index < -0.39 is 0 Å². The molecule has 1 heterocycles. The molecule has 2 aromatic rings. The number of halogens is 2. The Labute approximate surface area is 111 Å². The summed E-state index contributed by atoms with van der Waals surface area (Å²) in [6.45, 7) is 6.23. The van der Waals surface area contributed by atoms with Gasteiger partial charge in [-0.05, 0) is 45.0 Å². The van der Waals surface area contributed by atoms with Crippen LogP contribution in [0.3, 0.4) is 0 Å². The van der Waals surface area contributed by atoms with Crippen LogP contribution in [0.15, 0.2) is 30.5 Å². The Morgan fingerprint density at radius 3 is 2.33 bits per heavy atom. The SMILES string of the molecule is CC(C)(C)n1cc(CCl)c(-c2ccc(F)cc2)n1. The minimum absolute atomic E-state index is 0.0981.